The number of nitrogens with one attached hydrogen (secondary N) is 1. The number of amides is 1. The smallest absolute Gasteiger partial charge is 0.324 e. The molecular formula is C21H21F3N4O. The first-order chi connectivity index (χ1) is 13.8. The highest BCUT2D eigenvalue weighted by atomic mass is 19.4. The van der Waals surface area contributed by atoms with E-state index < -0.39 is 23.7 Å². The predicted octanol–water partition coefficient (Wildman–Crippen LogP) is 4.35. The first kappa shape index (κ1) is 20.6. The van der Waals surface area contributed by atoms with E-state index in [2.05, 4.69) is 10.4 Å². The van der Waals surface area contributed by atoms with Gasteiger partial charge in [0.1, 0.15) is 0 Å². The molecule has 3 rings (SSSR count). The topological polar surface area (TPSA) is 50.2 Å². The van der Waals surface area contributed by atoms with Crippen molar-refractivity contribution in [3.05, 3.63) is 78.1 Å². The van der Waals surface area contributed by atoms with Crippen LogP contribution in [0.1, 0.15) is 18.1 Å². The summed E-state index contributed by atoms with van der Waals surface area (Å²) in [6.45, 7) is 2.06. The van der Waals surface area contributed by atoms with Crippen LogP contribution in [0.3, 0.4) is 0 Å². The zero-order valence-electron chi connectivity index (χ0n) is 16.0. The SMILES string of the molecule is CC(C(=O)Nc1ccccc1C(F)(F)F)N(C)Cc1cnn(-c2ccccc2)c1. The molecule has 152 valence electrons. The molecular weight excluding hydrogens is 381 g/mol. The van der Waals surface area contributed by atoms with Gasteiger partial charge in [-0.3, -0.25) is 9.69 Å². The van der Waals surface area contributed by atoms with Crippen LogP contribution in [0.5, 0.6) is 0 Å². The van der Waals surface area contributed by atoms with Gasteiger partial charge in [-0.25, -0.2) is 4.68 Å². The van der Waals surface area contributed by atoms with Crippen molar-refractivity contribution in [2.45, 2.75) is 25.7 Å². The number of likely N-dealkylation sites (N-methyl/N-ethyl adjacent to an activating group) is 1. The van der Waals surface area contributed by atoms with Crippen LogP contribution >= 0.6 is 0 Å². The molecule has 0 aliphatic rings. The summed E-state index contributed by atoms with van der Waals surface area (Å²) in [4.78, 5) is 14.3. The number of carbonyl (C=O) groups excluding carboxylic acids is 1. The lowest BCUT2D eigenvalue weighted by Crippen LogP contribution is -2.39. The normalized spacial score (nSPS) is 12.8. The van der Waals surface area contributed by atoms with Crippen LogP contribution in [-0.2, 0) is 17.5 Å². The van der Waals surface area contributed by atoms with Crippen LogP contribution < -0.4 is 5.32 Å². The minimum atomic E-state index is -4.54. The van der Waals surface area contributed by atoms with Gasteiger partial charge < -0.3 is 5.32 Å². The van der Waals surface area contributed by atoms with Crippen LogP contribution in [0.4, 0.5) is 18.9 Å². The summed E-state index contributed by atoms with van der Waals surface area (Å²) in [5, 5.41) is 6.71. The monoisotopic (exact) mass is 402 g/mol. The molecule has 29 heavy (non-hydrogen) atoms. The van der Waals surface area contributed by atoms with Gasteiger partial charge in [-0.05, 0) is 38.2 Å². The quantitative estimate of drug-likeness (QED) is 0.667. The third-order valence-electron chi connectivity index (χ3n) is 4.62. The maximum atomic E-state index is 13.1. The van der Waals surface area contributed by atoms with Gasteiger partial charge in [-0.2, -0.15) is 18.3 Å². The summed E-state index contributed by atoms with van der Waals surface area (Å²) in [5.74, 6) is -0.514. The molecule has 1 N–H and O–H groups in total. The highest BCUT2D eigenvalue weighted by Crippen LogP contribution is 2.34. The van der Waals surface area contributed by atoms with E-state index in [1.807, 2.05) is 36.5 Å². The van der Waals surface area contributed by atoms with Crippen LogP contribution in [0.25, 0.3) is 5.69 Å². The fraction of sp³-hybridized carbons (Fsp3) is 0.238. The third kappa shape index (κ3) is 5.03. The Morgan fingerprint density at radius 2 is 1.79 bits per heavy atom. The summed E-state index contributed by atoms with van der Waals surface area (Å²) in [5.41, 5.74) is 0.678. The van der Waals surface area contributed by atoms with Crippen molar-refractivity contribution >= 4 is 11.6 Å². The zero-order chi connectivity index (χ0) is 21.0. The number of anilines is 1. The van der Waals surface area contributed by atoms with Crippen molar-refractivity contribution in [1.82, 2.24) is 14.7 Å². The fourth-order valence-electron chi connectivity index (χ4n) is 2.87. The van der Waals surface area contributed by atoms with Gasteiger partial charge in [-0.1, -0.05) is 30.3 Å². The van der Waals surface area contributed by atoms with E-state index in [0.717, 1.165) is 17.3 Å². The van der Waals surface area contributed by atoms with Crippen LogP contribution in [0, 0.1) is 0 Å². The molecule has 0 aliphatic carbocycles. The molecule has 0 radical (unpaired) electrons. The second kappa shape index (κ2) is 8.48. The Kier molecular flexibility index (Phi) is 6.03. The van der Waals surface area contributed by atoms with Crippen molar-refractivity contribution in [3.63, 3.8) is 0 Å². The average molecular weight is 402 g/mol. The Bertz CT molecular complexity index is 969. The maximum absolute atomic E-state index is 13.1. The average Bonchev–Trinajstić information content (AvgIpc) is 3.16. The molecule has 1 heterocycles. The summed E-state index contributed by atoms with van der Waals surface area (Å²) in [6, 6.07) is 13.9. The summed E-state index contributed by atoms with van der Waals surface area (Å²) in [7, 11) is 1.74. The van der Waals surface area contributed by atoms with Crippen LogP contribution in [-0.4, -0.2) is 33.7 Å². The van der Waals surface area contributed by atoms with E-state index in [9.17, 15) is 18.0 Å². The van der Waals surface area contributed by atoms with E-state index in [1.165, 1.54) is 18.2 Å². The van der Waals surface area contributed by atoms with E-state index in [-0.39, 0.29) is 5.69 Å². The first-order valence-electron chi connectivity index (χ1n) is 9.02. The van der Waals surface area contributed by atoms with Gasteiger partial charge >= 0.3 is 6.18 Å². The molecule has 1 unspecified atom stereocenters. The van der Waals surface area contributed by atoms with Gasteiger partial charge in [0.15, 0.2) is 0 Å². The molecule has 3 aromatic rings. The van der Waals surface area contributed by atoms with Gasteiger partial charge in [0.05, 0.1) is 29.2 Å². The first-order valence-corrected chi connectivity index (χ1v) is 9.02. The number of halogens is 3. The lowest BCUT2D eigenvalue weighted by Gasteiger charge is -2.24. The fourth-order valence-corrected chi connectivity index (χ4v) is 2.87. The number of carbonyl (C=O) groups is 1. The van der Waals surface area contributed by atoms with Gasteiger partial charge in [0.2, 0.25) is 5.91 Å². The molecule has 0 saturated carbocycles. The molecule has 0 spiro atoms. The van der Waals surface area contributed by atoms with Gasteiger partial charge in [0.25, 0.3) is 0 Å². The number of rotatable bonds is 6. The van der Waals surface area contributed by atoms with Crippen LogP contribution in [0.2, 0.25) is 0 Å². The van der Waals surface area contributed by atoms with Gasteiger partial charge in [-0.15, -0.1) is 0 Å². The Balaban J connectivity index is 1.66. The molecule has 0 aliphatic heterocycles. The second-order valence-electron chi connectivity index (χ2n) is 6.75. The van der Waals surface area contributed by atoms with Crippen molar-refractivity contribution in [2.75, 3.05) is 12.4 Å². The van der Waals surface area contributed by atoms with Crippen molar-refractivity contribution in [3.8, 4) is 5.69 Å². The predicted molar refractivity (Wildman–Crippen MR) is 105 cm³/mol. The Morgan fingerprint density at radius 3 is 2.48 bits per heavy atom. The number of benzene rings is 2. The minimum absolute atomic E-state index is 0.248. The van der Waals surface area contributed by atoms with Crippen LogP contribution in [0.15, 0.2) is 67.0 Å². The molecule has 0 saturated heterocycles. The number of hydrogen-bond donors (Lipinski definition) is 1. The number of nitrogens with zero attached hydrogens (tertiary/aromatic N) is 3. The molecule has 1 amide bonds. The Morgan fingerprint density at radius 1 is 1.14 bits per heavy atom. The number of alkyl halides is 3. The largest absolute Gasteiger partial charge is 0.418 e. The molecule has 8 heteroatoms. The molecule has 0 bridgehead atoms. The standard InChI is InChI=1S/C21H21F3N4O/c1-15(20(29)26-19-11-7-6-10-18(19)21(22,23)24)27(2)13-16-12-25-28(14-16)17-8-4-3-5-9-17/h3-12,14-15H,13H2,1-2H3,(H,26,29). The Labute approximate surface area is 166 Å². The van der Waals surface area contributed by atoms with E-state index in [1.54, 1.807) is 29.7 Å². The lowest BCUT2D eigenvalue weighted by atomic mass is 10.1. The number of para-hydroxylation sites is 2. The number of aromatic nitrogens is 2. The minimum Gasteiger partial charge on any atom is -0.324 e. The van der Waals surface area contributed by atoms with E-state index in [0.29, 0.717) is 6.54 Å². The maximum Gasteiger partial charge on any atom is 0.418 e. The summed E-state index contributed by atoms with van der Waals surface area (Å²) in [6.07, 6.45) is -0.979. The lowest BCUT2D eigenvalue weighted by molar-refractivity contribution is -0.137. The molecule has 1 aromatic heterocycles. The van der Waals surface area contributed by atoms with Crippen molar-refractivity contribution in [2.24, 2.45) is 0 Å². The molecule has 2 aromatic carbocycles. The Hall–Kier alpha value is -3.13. The third-order valence-corrected chi connectivity index (χ3v) is 4.62. The highest BCUT2D eigenvalue weighted by Gasteiger charge is 2.34. The summed E-state index contributed by atoms with van der Waals surface area (Å²) < 4.78 is 41.1. The van der Waals surface area contributed by atoms with E-state index >= 15 is 0 Å². The highest BCUT2D eigenvalue weighted by molar-refractivity contribution is 5.95. The van der Waals surface area contributed by atoms with E-state index in [4.69, 9.17) is 0 Å². The second-order valence-corrected chi connectivity index (χ2v) is 6.75. The van der Waals surface area contributed by atoms with Gasteiger partial charge in [0, 0.05) is 18.3 Å². The molecule has 0 fully saturated rings. The summed E-state index contributed by atoms with van der Waals surface area (Å²) >= 11 is 0. The molecule has 5 nitrogen and oxygen atoms in total. The van der Waals surface area contributed by atoms with Crippen molar-refractivity contribution < 1.29 is 18.0 Å². The number of hydrogen-bond acceptors (Lipinski definition) is 3. The zero-order valence-corrected chi connectivity index (χ0v) is 16.0. The van der Waals surface area contributed by atoms with Crippen molar-refractivity contribution in [1.29, 1.82) is 0 Å². The molecule has 1 atom stereocenters.